The zero-order valence-corrected chi connectivity index (χ0v) is 10.8. The third-order valence-corrected chi connectivity index (χ3v) is 3.05. The minimum Gasteiger partial charge on any atom is -0.480 e. The SMILES string of the molecule is CC(NC(=O)Nc1cccc(S(N)(=O)=O)c1)C(=O)O. The van der Waals surface area contributed by atoms with Crippen LogP contribution in [0.1, 0.15) is 6.92 Å². The number of primary sulfonamides is 1. The highest BCUT2D eigenvalue weighted by molar-refractivity contribution is 7.89. The topological polar surface area (TPSA) is 139 Å². The molecule has 0 spiro atoms. The van der Waals surface area contributed by atoms with E-state index in [4.69, 9.17) is 10.2 Å². The Bertz CT molecular complexity index is 599. The number of carbonyl (C=O) groups excluding carboxylic acids is 1. The highest BCUT2D eigenvalue weighted by atomic mass is 32.2. The second kappa shape index (κ2) is 5.67. The van der Waals surface area contributed by atoms with Gasteiger partial charge in [-0.15, -0.1) is 0 Å². The van der Waals surface area contributed by atoms with Crippen LogP contribution in [-0.2, 0) is 14.8 Å². The van der Waals surface area contributed by atoms with Crippen molar-refractivity contribution in [3.63, 3.8) is 0 Å². The molecule has 5 N–H and O–H groups in total. The van der Waals surface area contributed by atoms with Gasteiger partial charge >= 0.3 is 12.0 Å². The number of carboxylic acid groups (broad SMARTS) is 1. The van der Waals surface area contributed by atoms with E-state index < -0.39 is 28.1 Å². The molecular weight excluding hydrogens is 274 g/mol. The molecule has 9 heteroatoms. The number of nitrogens with one attached hydrogen (secondary N) is 2. The predicted molar refractivity (Wildman–Crippen MR) is 67.1 cm³/mol. The lowest BCUT2D eigenvalue weighted by atomic mass is 10.3. The van der Waals surface area contributed by atoms with E-state index in [0.29, 0.717) is 0 Å². The molecule has 0 aromatic heterocycles. The minimum atomic E-state index is -3.86. The van der Waals surface area contributed by atoms with E-state index >= 15 is 0 Å². The Labute approximate surface area is 109 Å². The maximum Gasteiger partial charge on any atom is 0.325 e. The van der Waals surface area contributed by atoms with Gasteiger partial charge in [-0.1, -0.05) is 6.07 Å². The van der Waals surface area contributed by atoms with Crippen LogP contribution in [0.3, 0.4) is 0 Å². The van der Waals surface area contributed by atoms with Gasteiger partial charge in [0.05, 0.1) is 4.90 Å². The molecule has 8 nitrogen and oxygen atoms in total. The molecule has 0 aliphatic carbocycles. The first-order valence-electron chi connectivity index (χ1n) is 5.13. The quantitative estimate of drug-likeness (QED) is 0.614. The number of sulfonamides is 1. The number of hydrogen-bond acceptors (Lipinski definition) is 4. The summed E-state index contributed by atoms with van der Waals surface area (Å²) in [7, 11) is -3.86. The van der Waals surface area contributed by atoms with Crippen LogP contribution in [0.5, 0.6) is 0 Å². The van der Waals surface area contributed by atoms with E-state index in [1.54, 1.807) is 0 Å². The summed E-state index contributed by atoms with van der Waals surface area (Å²) in [6.07, 6.45) is 0. The Kier molecular flexibility index (Phi) is 4.46. The van der Waals surface area contributed by atoms with E-state index in [1.165, 1.54) is 31.2 Å². The second-order valence-electron chi connectivity index (χ2n) is 3.73. The van der Waals surface area contributed by atoms with Crippen molar-refractivity contribution in [2.75, 3.05) is 5.32 Å². The monoisotopic (exact) mass is 287 g/mol. The lowest BCUT2D eigenvalue weighted by Gasteiger charge is -2.11. The molecule has 1 aromatic rings. The van der Waals surface area contributed by atoms with Gasteiger partial charge in [0.25, 0.3) is 0 Å². The summed E-state index contributed by atoms with van der Waals surface area (Å²) in [5.41, 5.74) is 0.182. The van der Waals surface area contributed by atoms with Crippen LogP contribution in [0.25, 0.3) is 0 Å². The Morgan fingerprint density at radius 2 is 2.00 bits per heavy atom. The van der Waals surface area contributed by atoms with Gasteiger partial charge in [-0.3, -0.25) is 4.79 Å². The number of rotatable bonds is 4. The molecular formula is C10H13N3O5S. The number of benzene rings is 1. The molecule has 0 bridgehead atoms. The third-order valence-electron chi connectivity index (χ3n) is 2.14. The smallest absolute Gasteiger partial charge is 0.325 e. The van der Waals surface area contributed by atoms with Crippen LogP contribution in [0.2, 0.25) is 0 Å². The van der Waals surface area contributed by atoms with Crippen LogP contribution < -0.4 is 15.8 Å². The summed E-state index contributed by atoms with van der Waals surface area (Å²) in [5.74, 6) is -1.19. The van der Waals surface area contributed by atoms with Gasteiger partial charge in [0, 0.05) is 5.69 Å². The summed E-state index contributed by atoms with van der Waals surface area (Å²) in [6.45, 7) is 1.29. The minimum absolute atomic E-state index is 0.156. The highest BCUT2D eigenvalue weighted by Gasteiger charge is 2.14. The number of amides is 2. The lowest BCUT2D eigenvalue weighted by Crippen LogP contribution is -2.40. The molecule has 0 fully saturated rings. The Morgan fingerprint density at radius 3 is 2.53 bits per heavy atom. The number of nitrogens with two attached hydrogens (primary N) is 1. The van der Waals surface area contributed by atoms with Gasteiger partial charge < -0.3 is 15.7 Å². The van der Waals surface area contributed by atoms with Crippen molar-refractivity contribution in [2.24, 2.45) is 5.14 Å². The number of carbonyl (C=O) groups is 2. The fourth-order valence-electron chi connectivity index (χ4n) is 1.18. The largest absolute Gasteiger partial charge is 0.480 e. The molecule has 1 rings (SSSR count). The van der Waals surface area contributed by atoms with E-state index in [9.17, 15) is 18.0 Å². The number of anilines is 1. The normalized spacial score (nSPS) is 12.5. The average Bonchev–Trinajstić information content (AvgIpc) is 2.27. The van der Waals surface area contributed by atoms with E-state index in [-0.39, 0.29) is 10.6 Å². The first kappa shape index (κ1) is 14.9. The standard InChI is InChI=1S/C10H13N3O5S/c1-6(9(14)15)12-10(16)13-7-3-2-4-8(5-7)19(11,17)18/h2-6H,1H3,(H,14,15)(H2,11,17,18)(H2,12,13,16). The molecule has 0 radical (unpaired) electrons. The zero-order chi connectivity index (χ0) is 14.6. The molecule has 19 heavy (non-hydrogen) atoms. The molecule has 104 valence electrons. The van der Waals surface area contributed by atoms with Crippen molar-refractivity contribution in [1.82, 2.24) is 5.32 Å². The van der Waals surface area contributed by atoms with Crippen molar-refractivity contribution in [2.45, 2.75) is 17.9 Å². The van der Waals surface area contributed by atoms with E-state index in [0.717, 1.165) is 0 Å². The first-order chi connectivity index (χ1) is 8.70. The molecule has 0 aliphatic heterocycles. The maximum atomic E-state index is 11.4. The fourth-order valence-corrected chi connectivity index (χ4v) is 1.74. The number of urea groups is 1. The van der Waals surface area contributed by atoms with Crippen molar-refractivity contribution < 1.29 is 23.1 Å². The van der Waals surface area contributed by atoms with Gasteiger partial charge in [0.15, 0.2) is 0 Å². The molecule has 0 aliphatic rings. The van der Waals surface area contributed by atoms with Crippen molar-refractivity contribution in [3.8, 4) is 0 Å². The van der Waals surface area contributed by atoms with Crippen molar-refractivity contribution >= 4 is 27.7 Å². The molecule has 1 unspecified atom stereocenters. The van der Waals surface area contributed by atoms with Gasteiger partial charge in [0.2, 0.25) is 10.0 Å². The Balaban J connectivity index is 2.78. The number of hydrogen-bond donors (Lipinski definition) is 4. The fraction of sp³-hybridized carbons (Fsp3) is 0.200. The first-order valence-corrected chi connectivity index (χ1v) is 6.68. The molecule has 0 saturated heterocycles. The predicted octanol–water partition coefficient (Wildman–Crippen LogP) is -0.0714. The number of carboxylic acids is 1. The van der Waals surface area contributed by atoms with Crippen LogP contribution >= 0.6 is 0 Å². The summed E-state index contributed by atoms with van der Waals surface area (Å²) in [5, 5.41) is 18.0. The molecule has 2 amide bonds. The summed E-state index contributed by atoms with van der Waals surface area (Å²) >= 11 is 0. The van der Waals surface area contributed by atoms with Crippen molar-refractivity contribution in [3.05, 3.63) is 24.3 Å². The average molecular weight is 287 g/mol. The maximum absolute atomic E-state index is 11.4. The highest BCUT2D eigenvalue weighted by Crippen LogP contribution is 2.13. The summed E-state index contributed by atoms with van der Waals surface area (Å²) < 4.78 is 22.2. The van der Waals surface area contributed by atoms with Crippen LogP contribution in [-0.4, -0.2) is 31.6 Å². The molecule has 1 atom stereocenters. The van der Waals surface area contributed by atoms with Gasteiger partial charge in [-0.2, -0.15) is 0 Å². The summed E-state index contributed by atoms with van der Waals surface area (Å²) in [4.78, 5) is 21.8. The summed E-state index contributed by atoms with van der Waals surface area (Å²) in [6, 6.07) is 3.46. The lowest BCUT2D eigenvalue weighted by molar-refractivity contribution is -0.138. The number of aliphatic carboxylic acids is 1. The third kappa shape index (κ3) is 4.56. The van der Waals surface area contributed by atoms with Gasteiger partial charge in [-0.25, -0.2) is 18.4 Å². The van der Waals surface area contributed by atoms with Gasteiger partial charge in [0.1, 0.15) is 6.04 Å². The van der Waals surface area contributed by atoms with Crippen LogP contribution in [0, 0.1) is 0 Å². The van der Waals surface area contributed by atoms with E-state index in [1.807, 2.05) is 0 Å². The van der Waals surface area contributed by atoms with Crippen LogP contribution in [0.15, 0.2) is 29.2 Å². The molecule has 1 aromatic carbocycles. The second-order valence-corrected chi connectivity index (χ2v) is 5.29. The van der Waals surface area contributed by atoms with Gasteiger partial charge in [-0.05, 0) is 25.1 Å². The zero-order valence-electron chi connectivity index (χ0n) is 9.95. The van der Waals surface area contributed by atoms with E-state index in [2.05, 4.69) is 10.6 Å². The molecule has 0 saturated carbocycles. The van der Waals surface area contributed by atoms with Crippen molar-refractivity contribution in [1.29, 1.82) is 0 Å². The Hall–Kier alpha value is -2.13. The Morgan fingerprint density at radius 1 is 1.37 bits per heavy atom. The van der Waals surface area contributed by atoms with Crippen LogP contribution in [0.4, 0.5) is 10.5 Å². The molecule has 0 heterocycles.